The smallest absolute Gasteiger partial charge is 0.323 e. The molecule has 30 heavy (non-hydrogen) atoms. The summed E-state index contributed by atoms with van der Waals surface area (Å²) in [6.07, 6.45) is 3.78. The Morgan fingerprint density at radius 2 is 1.77 bits per heavy atom. The van der Waals surface area contributed by atoms with Gasteiger partial charge in [-0.2, -0.15) is 5.10 Å². The Morgan fingerprint density at radius 3 is 2.50 bits per heavy atom. The molecule has 0 bridgehead atoms. The van der Waals surface area contributed by atoms with Crippen molar-refractivity contribution in [3.63, 3.8) is 0 Å². The molecule has 0 aliphatic carbocycles. The molecule has 1 saturated heterocycles. The summed E-state index contributed by atoms with van der Waals surface area (Å²) in [5.41, 5.74) is 4.65. The summed E-state index contributed by atoms with van der Waals surface area (Å²) < 4.78 is 0. The molecule has 0 spiro atoms. The lowest BCUT2D eigenvalue weighted by molar-refractivity contribution is 0.262. The van der Waals surface area contributed by atoms with Crippen LogP contribution < -0.4 is 15.5 Å². The summed E-state index contributed by atoms with van der Waals surface area (Å²) in [4.78, 5) is 15.0. The van der Waals surface area contributed by atoms with Crippen molar-refractivity contribution in [2.45, 2.75) is 26.2 Å². The molecule has 1 fully saturated rings. The molecular weight excluding hydrogens is 421 g/mol. The number of nitrogens with one attached hydrogen (secondary N) is 3. The van der Waals surface area contributed by atoms with Gasteiger partial charge in [0, 0.05) is 24.3 Å². The number of nitrogens with zero attached hydrogens (tertiary/aromatic N) is 2. The molecule has 156 valence electrons. The fourth-order valence-electron chi connectivity index (χ4n) is 3.64. The summed E-state index contributed by atoms with van der Waals surface area (Å²) in [5, 5.41) is 13.6. The van der Waals surface area contributed by atoms with Crippen molar-refractivity contribution >= 4 is 46.3 Å². The number of anilines is 3. The number of carbonyl (C=O) groups is 1. The molecule has 1 aromatic heterocycles. The van der Waals surface area contributed by atoms with Gasteiger partial charge in [-0.05, 0) is 50.5 Å². The number of hydrogen-bond donors (Lipinski definition) is 3. The van der Waals surface area contributed by atoms with E-state index >= 15 is 0 Å². The van der Waals surface area contributed by atoms with Crippen molar-refractivity contribution in [2.75, 3.05) is 28.6 Å². The zero-order chi connectivity index (χ0) is 21.1. The number of rotatable bonds is 4. The highest BCUT2D eigenvalue weighted by Gasteiger charge is 2.17. The Balaban J connectivity index is 1.51. The minimum Gasteiger partial charge on any atom is -0.372 e. The molecule has 0 radical (unpaired) electrons. The topological polar surface area (TPSA) is 73.0 Å². The second kappa shape index (κ2) is 8.98. The Labute approximate surface area is 185 Å². The molecule has 3 aromatic rings. The van der Waals surface area contributed by atoms with E-state index < -0.39 is 6.03 Å². The second-order valence-corrected chi connectivity index (χ2v) is 8.13. The third kappa shape index (κ3) is 4.40. The maximum Gasteiger partial charge on any atom is 0.323 e. The molecule has 1 aliphatic heterocycles. The van der Waals surface area contributed by atoms with Gasteiger partial charge in [-0.3, -0.25) is 5.10 Å². The number of aromatic nitrogens is 2. The minimum atomic E-state index is -0.421. The van der Waals surface area contributed by atoms with Gasteiger partial charge in [0.2, 0.25) is 0 Å². The molecular formula is C22H23Cl2N5O. The average molecular weight is 444 g/mol. The van der Waals surface area contributed by atoms with E-state index in [9.17, 15) is 4.79 Å². The number of H-pyrrole nitrogens is 1. The number of amides is 2. The van der Waals surface area contributed by atoms with Crippen LogP contribution in [0.1, 0.15) is 25.0 Å². The summed E-state index contributed by atoms with van der Waals surface area (Å²) in [7, 11) is 0. The minimum absolute atomic E-state index is 0.298. The van der Waals surface area contributed by atoms with E-state index in [0.29, 0.717) is 27.1 Å². The lowest BCUT2D eigenvalue weighted by Gasteiger charge is -2.28. The lowest BCUT2D eigenvalue weighted by atomic mass is 10.1. The van der Waals surface area contributed by atoms with Crippen LogP contribution in [-0.2, 0) is 0 Å². The molecule has 2 aromatic carbocycles. The fraction of sp³-hybridized carbons (Fsp3) is 0.273. The molecule has 0 unspecified atom stereocenters. The Kier molecular flexibility index (Phi) is 6.16. The maximum atomic E-state index is 12.6. The van der Waals surface area contributed by atoms with Gasteiger partial charge >= 0.3 is 6.03 Å². The van der Waals surface area contributed by atoms with Gasteiger partial charge in [0.15, 0.2) is 0 Å². The van der Waals surface area contributed by atoms with Crippen LogP contribution in [0.3, 0.4) is 0 Å². The molecule has 4 rings (SSSR count). The third-order valence-corrected chi connectivity index (χ3v) is 6.07. The van der Waals surface area contributed by atoms with E-state index in [1.54, 1.807) is 18.2 Å². The predicted octanol–water partition coefficient (Wildman–Crippen LogP) is 6.33. The van der Waals surface area contributed by atoms with Crippen LogP contribution in [0, 0.1) is 6.92 Å². The highest BCUT2D eigenvalue weighted by molar-refractivity contribution is 6.44. The number of halogens is 2. The first-order chi connectivity index (χ1) is 14.5. The van der Waals surface area contributed by atoms with Gasteiger partial charge in [0.05, 0.1) is 27.1 Å². The first kappa shape index (κ1) is 20.6. The van der Waals surface area contributed by atoms with Crippen LogP contribution in [0.5, 0.6) is 0 Å². The van der Waals surface area contributed by atoms with E-state index in [4.69, 9.17) is 23.2 Å². The SMILES string of the molecule is Cc1[nH]nc(-c2ccc(N3CCCCC3)cc2)c1NC(=O)Nc1cccc(Cl)c1Cl. The monoisotopic (exact) mass is 443 g/mol. The average Bonchev–Trinajstić information content (AvgIpc) is 3.12. The lowest BCUT2D eigenvalue weighted by Crippen LogP contribution is -2.29. The highest BCUT2D eigenvalue weighted by Crippen LogP contribution is 2.32. The second-order valence-electron chi connectivity index (χ2n) is 7.35. The quantitative estimate of drug-likeness (QED) is 0.441. The van der Waals surface area contributed by atoms with Crippen LogP contribution in [0.4, 0.5) is 21.9 Å². The standard InChI is InChI=1S/C22H23Cl2N5O/c1-14-20(26-22(30)25-18-7-5-6-17(23)19(18)24)21(28-27-14)15-8-10-16(11-9-15)29-12-3-2-4-13-29/h5-11H,2-4,12-13H2,1H3,(H,27,28)(H2,25,26,30). The Hall–Kier alpha value is -2.70. The van der Waals surface area contributed by atoms with Crippen LogP contribution in [0.2, 0.25) is 10.0 Å². The van der Waals surface area contributed by atoms with Crippen molar-refractivity contribution < 1.29 is 4.79 Å². The van der Waals surface area contributed by atoms with Gasteiger partial charge in [0.25, 0.3) is 0 Å². The van der Waals surface area contributed by atoms with Crippen molar-refractivity contribution in [3.05, 3.63) is 58.2 Å². The summed E-state index contributed by atoms with van der Waals surface area (Å²) in [6.45, 7) is 4.06. The number of benzene rings is 2. The van der Waals surface area contributed by atoms with Crippen molar-refractivity contribution in [1.82, 2.24) is 10.2 Å². The van der Waals surface area contributed by atoms with Crippen molar-refractivity contribution in [3.8, 4) is 11.3 Å². The molecule has 1 aliphatic rings. The predicted molar refractivity (Wildman–Crippen MR) is 124 cm³/mol. The molecule has 6 nitrogen and oxygen atoms in total. The molecule has 2 amide bonds. The Morgan fingerprint density at radius 1 is 1.03 bits per heavy atom. The van der Waals surface area contributed by atoms with E-state index in [1.807, 2.05) is 19.1 Å². The normalized spacial score (nSPS) is 13.9. The third-order valence-electron chi connectivity index (χ3n) is 5.25. The number of aromatic amines is 1. The van der Waals surface area contributed by atoms with Crippen LogP contribution in [0.15, 0.2) is 42.5 Å². The maximum absolute atomic E-state index is 12.6. The molecule has 0 atom stereocenters. The first-order valence-electron chi connectivity index (χ1n) is 9.95. The summed E-state index contributed by atoms with van der Waals surface area (Å²) in [6, 6.07) is 13.0. The number of hydrogen-bond acceptors (Lipinski definition) is 3. The van der Waals surface area contributed by atoms with Gasteiger partial charge in [-0.15, -0.1) is 0 Å². The molecule has 2 heterocycles. The number of aryl methyl sites for hydroxylation is 1. The van der Waals surface area contributed by atoms with E-state index in [-0.39, 0.29) is 0 Å². The first-order valence-corrected chi connectivity index (χ1v) is 10.7. The molecule has 3 N–H and O–H groups in total. The van der Waals surface area contributed by atoms with Crippen molar-refractivity contribution in [2.24, 2.45) is 0 Å². The van der Waals surface area contributed by atoms with Crippen LogP contribution in [0.25, 0.3) is 11.3 Å². The number of urea groups is 1. The summed E-state index contributed by atoms with van der Waals surface area (Å²) in [5.74, 6) is 0. The van der Waals surface area contributed by atoms with Gasteiger partial charge in [-0.25, -0.2) is 4.79 Å². The molecule has 0 saturated carbocycles. The Bertz CT molecular complexity index is 1040. The van der Waals surface area contributed by atoms with Crippen LogP contribution in [-0.4, -0.2) is 29.3 Å². The zero-order valence-electron chi connectivity index (χ0n) is 16.6. The fourth-order valence-corrected chi connectivity index (χ4v) is 3.99. The van der Waals surface area contributed by atoms with Gasteiger partial charge in [0.1, 0.15) is 5.69 Å². The number of piperidine rings is 1. The number of carbonyl (C=O) groups excluding carboxylic acids is 1. The van der Waals surface area contributed by atoms with E-state index in [0.717, 1.165) is 24.3 Å². The van der Waals surface area contributed by atoms with Gasteiger partial charge < -0.3 is 15.5 Å². The van der Waals surface area contributed by atoms with E-state index in [1.165, 1.54) is 24.9 Å². The molecule has 8 heteroatoms. The van der Waals surface area contributed by atoms with E-state index in [2.05, 4.69) is 37.9 Å². The van der Waals surface area contributed by atoms with Crippen molar-refractivity contribution in [1.29, 1.82) is 0 Å². The van der Waals surface area contributed by atoms with Crippen LogP contribution >= 0.6 is 23.2 Å². The highest BCUT2D eigenvalue weighted by atomic mass is 35.5. The summed E-state index contributed by atoms with van der Waals surface area (Å²) >= 11 is 12.2. The zero-order valence-corrected chi connectivity index (χ0v) is 18.1. The largest absolute Gasteiger partial charge is 0.372 e. The van der Waals surface area contributed by atoms with Gasteiger partial charge in [-0.1, -0.05) is 41.4 Å².